The van der Waals surface area contributed by atoms with Crippen molar-refractivity contribution in [2.75, 3.05) is 0 Å². The Balaban J connectivity index is 1.90. The predicted molar refractivity (Wildman–Crippen MR) is 93.4 cm³/mol. The van der Waals surface area contributed by atoms with E-state index in [4.69, 9.17) is 0 Å². The summed E-state index contributed by atoms with van der Waals surface area (Å²) in [6.45, 7) is 0. The standard InChI is InChI=1S/C20H16N2O3/c23-19-17-11-15(20(24)25)7-6-14(17)10-16(13-4-2-1-3-5-13)18(19)22-9-8-21-12-22/h2,4-12,18H,1,3H2,(H,24,25). The van der Waals surface area contributed by atoms with Crippen molar-refractivity contribution < 1.29 is 14.7 Å². The zero-order valence-corrected chi connectivity index (χ0v) is 13.4. The number of hydrogen-bond donors (Lipinski definition) is 1. The number of allylic oxidation sites excluding steroid dienone is 5. The van der Waals surface area contributed by atoms with Crippen molar-refractivity contribution in [3.63, 3.8) is 0 Å². The van der Waals surface area contributed by atoms with Gasteiger partial charge >= 0.3 is 5.97 Å². The third-order valence-corrected chi connectivity index (χ3v) is 4.57. The lowest BCUT2D eigenvalue weighted by Crippen LogP contribution is -2.26. The SMILES string of the molecule is O=C(O)c1ccc2c(c1)C(=O)C(n1ccnc1)C(C1=CCCC=C1)=C2. The molecule has 0 aliphatic heterocycles. The van der Waals surface area contributed by atoms with Crippen LogP contribution in [0.1, 0.15) is 45.2 Å². The van der Waals surface area contributed by atoms with Crippen LogP contribution in [0.2, 0.25) is 0 Å². The monoisotopic (exact) mass is 332 g/mol. The maximum atomic E-state index is 13.2. The number of carboxylic acid groups (broad SMARTS) is 1. The van der Waals surface area contributed by atoms with Gasteiger partial charge in [-0.3, -0.25) is 4.79 Å². The van der Waals surface area contributed by atoms with Crippen LogP contribution in [0.3, 0.4) is 0 Å². The molecule has 0 bridgehead atoms. The number of benzene rings is 1. The molecule has 2 aliphatic carbocycles. The largest absolute Gasteiger partial charge is 0.478 e. The van der Waals surface area contributed by atoms with Crippen molar-refractivity contribution >= 4 is 17.8 Å². The molecule has 0 saturated carbocycles. The molecule has 0 fully saturated rings. The van der Waals surface area contributed by atoms with Crippen LogP contribution in [0.5, 0.6) is 0 Å². The smallest absolute Gasteiger partial charge is 0.335 e. The first kappa shape index (κ1) is 15.3. The quantitative estimate of drug-likeness (QED) is 0.930. The Kier molecular flexibility index (Phi) is 3.69. The number of carbonyl (C=O) groups excluding carboxylic acids is 1. The van der Waals surface area contributed by atoms with Crippen molar-refractivity contribution in [3.8, 4) is 0 Å². The Labute approximate surface area is 144 Å². The highest BCUT2D eigenvalue weighted by molar-refractivity contribution is 6.09. The van der Waals surface area contributed by atoms with Crippen LogP contribution in [0, 0.1) is 0 Å². The van der Waals surface area contributed by atoms with Gasteiger partial charge in [-0.15, -0.1) is 0 Å². The molecule has 5 nitrogen and oxygen atoms in total. The number of ketones is 1. The molecule has 2 aromatic rings. The van der Waals surface area contributed by atoms with Gasteiger partial charge in [0.15, 0.2) is 5.78 Å². The van der Waals surface area contributed by atoms with Crippen LogP contribution in [-0.4, -0.2) is 26.4 Å². The topological polar surface area (TPSA) is 72.2 Å². The average Bonchev–Trinajstić information content (AvgIpc) is 3.16. The van der Waals surface area contributed by atoms with Gasteiger partial charge in [0.25, 0.3) is 0 Å². The molecule has 1 aromatic carbocycles. The van der Waals surface area contributed by atoms with E-state index in [0.717, 1.165) is 29.6 Å². The first-order valence-electron chi connectivity index (χ1n) is 8.13. The highest BCUT2D eigenvalue weighted by Crippen LogP contribution is 2.37. The molecule has 2 aliphatic rings. The van der Waals surface area contributed by atoms with Gasteiger partial charge in [0.2, 0.25) is 0 Å². The van der Waals surface area contributed by atoms with E-state index in [1.807, 2.05) is 12.2 Å². The van der Waals surface area contributed by atoms with Crippen LogP contribution in [-0.2, 0) is 0 Å². The predicted octanol–water partition coefficient (Wildman–Crippen LogP) is 3.68. The molecule has 1 atom stereocenters. The molecule has 1 N–H and O–H groups in total. The van der Waals surface area contributed by atoms with E-state index in [9.17, 15) is 14.7 Å². The lowest BCUT2D eigenvalue weighted by Gasteiger charge is -2.27. The van der Waals surface area contributed by atoms with E-state index in [1.165, 1.54) is 12.1 Å². The molecule has 1 aromatic heterocycles. The van der Waals surface area contributed by atoms with Crippen molar-refractivity contribution in [1.82, 2.24) is 9.55 Å². The number of carboxylic acids is 1. The van der Waals surface area contributed by atoms with Gasteiger partial charge in [0, 0.05) is 18.0 Å². The Hall–Kier alpha value is -3.21. The lowest BCUT2D eigenvalue weighted by molar-refractivity contribution is 0.0697. The molecule has 1 unspecified atom stereocenters. The number of aromatic carboxylic acids is 1. The van der Waals surface area contributed by atoms with Crippen molar-refractivity contribution in [2.45, 2.75) is 18.9 Å². The Morgan fingerprint density at radius 2 is 2.16 bits per heavy atom. The van der Waals surface area contributed by atoms with Crippen LogP contribution in [0.4, 0.5) is 0 Å². The zero-order valence-electron chi connectivity index (χ0n) is 13.4. The summed E-state index contributed by atoms with van der Waals surface area (Å²) in [6.07, 6.45) is 15.2. The maximum absolute atomic E-state index is 13.2. The van der Waals surface area contributed by atoms with Gasteiger partial charge in [0.05, 0.1) is 11.9 Å². The normalized spacial score (nSPS) is 19.2. The van der Waals surface area contributed by atoms with E-state index in [1.54, 1.807) is 29.4 Å². The molecular weight excluding hydrogens is 316 g/mol. The number of imidazole rings is 1. The minimum Gasteiger partial charge on any atom is -0.478 e. The van der Waals surface area contributed by atoms with Gasteiger partial charge in [-0.25, -0.2) is 9.78 Å². The molecule has 4 rings (SSSR count). The highest BCUT2D eigenvalue weighted by Gasteiger charge is 2.32. The van der Waals surface area contributed by atoms with Crippen LogP contribution in [0.15, 0.2) is 66.3 Å². The fourth-order valence-corrected chi connectivity index (χ4v) is 3.35. The molecule has 124 valence electrons. The summed E-state index contributed by atoms with van der Waals surface area (Å²) in [5.41, 5.74) is 3.25. The van der Waals surface area contributed by atoms with Crippen LogP contribution < -0.4 is 0 Å². The third-order valence-electron chi connectivity index (χ3n) is 4.57. The fourth-order valence-electron chi connectivity index (χ4n) is 3.35. The third kappa shape index (κ3) is 2.63. The molecule has 0 radical (unpaired) electrons. The van der Waals surface area contributed by atoms with Crippen LogP contribution in [0.25, 0.3) is 6.08 Å². The van der Waals surface area contributed by atoms with Crippen molar-refractivity contribution in [1.29, 1.82) is 0 Å². The molecule has 0 saturated heterocycles. The van der Waals surface area contributed by atoms with E-state index < -0.39 is 12.0 Å². The summed E-state index contributed by atoms with van der Waals surface area (Å²) in [5, 5.41) is 9.22. The molecule has 1 heterocycles. The van der Waals surface area contributed by atoms with Gasteiger partial charge < -0.3 is 9.67 Å². The first-order chi connectivity index (χ1) is 12.1. The minimum atomic E-state index is -1.04. The Morgan fingerprint density at radius 1 is 1.28 bits per heavy atom. The molecule has 0 amide bonds. The first-order valence-corrected chi connectivity index (χ1v) is 8.13. The number of Topliss-reactive ketones (excluding diaryl/α,β-unsaturated/α-hetero) is 1. The van der Waals surface area contributed by atoms with E-state index in [2.05, 4.69) is 17.1 Å². The number of aromatic nitrogens is 2. The average molecular weight is 332 g/mol. The number of carbonyl (C=O) groups is 2. The second kappa shape index (κ2) is 6.02. The number of fused-ring (bicyclic) bond motifs is 1. The van der Waals surface area contributed by atoms with E-state index in [0.29, 0.717) is 5.56 Å². The van der Waals surface area contributed by atoms with Crippen molar-refractivity contribution in [3.05, 3.63) is 83.0 Å². The summed E-state index contributed by atoms with van der Waals surface area (Å²) in [4.78, 5) is 28.5. The van der Waals surface area contributed by atoms with Gasteiger partial charge in [-0.2, -0.15) is 0 Å². The van der Waals surface area contributed by atoms with Gasteiger partial charge in [-0.05, 0) is 47.8 Å². The summed E-state index contributed by atoms with van der Waals surface area (Å²) in [6, 6.07) is 4.16. The van der Waals surface area contributed by atoms with E-state index in [-0.39, 0.29) is 11.3 Å². The summed E-state index contributed by atoms with van der Waals surface area (Å²) in [5.74, 6) is -1.16. The molecule has 5 heteroatoms. The molecule has 25 heavy (non-hydrogen) atoms. The highest BCUT2D eigenvalue weighted by atomic mass is 16.4. The summed E-state index contributed by atoms with van der Waals surface area (Å²) in [7, 11) is 0. The number of hydrogen-bond acceptors (Lipinski definition) is 3. The number of rotatable bonds is 3. The van der Waals surface area contributed by atoms with E-state index >= 15 is 0 Å². The fraction of sp³-hybridized carbons (Fsp3) is 0.150. The lowest BCUT2D eigenvalue weighted by atomic mass is 9.81. The molecular formula is C20H16N2O3. The maximum Gasteiger partial charge on any atom is 0.335 e. The van der Waals surface area contributed by atoms with Gasteiger partial charge in [0.1, 0.15) is 6.04 Å². The summed E-state index contributed by atoms with van der Waals surface area (Å²) < 4.78 is 1.77. The Morgan fingerprint density at radius 3 is 2.84 bits per heavy atom. The zero-order chi connectivity index (χ0) is 17.4. The minimum absolute atomic E-state index is 0.116. The Bertz CT molecular complexity index is 949. The van der Waals surface area contributed by atoms with Crippen molar-refractivity contribution in [2.24, 2.45) is 0 Å². The summed E-state index contributed by atoms with van der Waals surface area (Å²) >= 11 is 0. The second-order valence-corrected chi connectivity index (χ2v) is 6.12. The number of nitrogens with zero attached hydrogens (tertiary/aromatic N) is 2. The van der Waals surface area contributed by atoms with Crippen LogP contribution >= 0.6 is 0 Å². The molecule has 0 spiro atoms. The second-order valence-electron chi connectivity index (χ2n) is 6.12. The van der Waals surface area contributed by atoms with Gasteiger partial charge in [-0.1, -0.05) is 24.3 Å².